The molecule has 4 rings (SSSR count). The zero-order chi connectivity index (χ0) is 21.1. The summed E-state index contributed by atoms with van der Waals surface area (Å²) in [6.07, 6.45) is 1.56. The molecule has 2 aromatic heterocycles. The summed E-state index contributed by atoms with van der Waals surface area (Å²) in [5.41, 5.74) is 3.45. The minimum Gasteiger partial charge on any atom is -0.333 e. The Morgan fingerprint density at radius 1 is 1.07 bits per heavy atom. The molecule has 0 aliphatic rings. The van der Waals surface area contributed by atoms with Gasteiger partial charge in [0, 0.05) is 17.4 Å². The number of hydrogen-bond acceptors (Lipinski definition) is 5. The van der Waals surface area contributed by atoms with Crippen LogP contribution in [-0.2, 0) is 11.3 Å². The van der Waals surface area contributed by atoms with Crippen molar-refractivity contribution in [3.8, 4) is 22.8 Å². The van der Waals surface area contributed by atoms with Crippen LogP contribution in [0.4, 0.5) is 5.69 Å². The van der Waals surface area contributed by atoms with Crippen molar-refractivity contribution < 1.29 is 9.32 Å². The van der Waals surface area contributed by atoms with Gasteiger partial charge in [-0.1, -0.05) is 53.2 Å². The summed E-state index contributed by atoms with van der Waals surface area (Å²) in [5.74, 6) is 0.215. The van der Waals surface area contributed by atoms with Crippen LogP contribution in [0.25, 0.3) is 22.8 Å². The summed E-state index contributed by atoms with van der Waals surface area (Å²) in [6.45, 7) is 3.79. The Morgan fingerprint density at radius 3 is 2.63 bits per heavy atom. The van der Waals surface area contributed by atoms with E-state index in [2.05, 4.69) is 15.5 Å². The van der Waals surface area contributed by atoms with Gasteiger partial charge in [0.05, 0.1) is 0 Å². The lowest BCUT2D eigenvalue weighted by Gasteiger charge is -2.10. The molecule has 0 atom stereocenters. The van der Waals surface area contributed by atoms with E-state index in [0.29, 0.717) is 5.82 Å². The van der Waals surface area contributed by atoms with Crippen molar-refractivity contribution in [3.05, 3.63) is 88.3 Å². The fourth-order valence-electron chi connectivity index (χ4n) is 3.16. The van der Waals surface area contributed by atoms with Crippen LogP contribution in [0.3, 0.4) is 0 Å². The maximum Gasteiger partial charge on any atom is 0.263 e. The number of carbonyl (C=O) groups excluding carboxylic acids is 1. The second kappa shape index (κ2) is 8.16. The third kappa shape index (κ3) is 4.05. The van der Waals surface area contributed by atoms with Gasteiger partial charge in [-0.25, -0.2) is 0 Å². The van der Waals surface area contributed by atoms with E-state index in [1.165, 1.54) is 4.57 Å². The number of rotatable bonds is 5. The Bertz CT molecular complexity index is 1260. The number of aromatic nitrogens is 3. The van der Waals surface area contributed by atoms with Crippen molar-refractivity contribution in [2.45, 2.75) is 20.4 Å². The Balaban J connectivity index is 1.55. The number of hydrogen-bond donors (Lipinski definition) is 1. The number of pyridine rings is 1. The molecule has 2 aromatic carbocycles. The second-order valence-corrected chi connectivity index (χ2v) is 7.01. The van der Waals surface area contributed by atoms with E-state index in [0.717, 1.165) is 22.4 Å². The van der Waals surface area contributed by atoms with Crippen molar-refractivity contribution in [2.75, 3.05) is 5.32 Å². The van der Waals surface area contributed by atoms with Crippen LogP contribution in [-0.4, -0.2) is 20.6 Å². The fourth-order valence-corrected chi connectivity index (χ4v) is 3.16. The molecule has 1 N–H and O–H groups in total. The lowest BCUT2D eigenvalue weighted by atomic mass is 10.1. The second-order valence-electron chi connectivity index (χ2n) is 7.01. The smallest absolute Gasteiger partial charge is 0.263 e. The summed E-state index contributed by atoms with van der Waals surface area (Å²) in [4.78, 5) is 29.7. The van der Waals surface area contributed by atoms with Gasteiger partial charge in [-0.2, -0.15) is 4.98 Å². The lowest BCUT2D eigenvalue weighted by molar-refractivity contribution is -0.116. The Hall–Kier alpha value is -4.00. The first kappa shape index (κ1) is 19.3. The standard InChI is InChI=1S/C23H20N4O3/c1-15-10-11-19(16(2)13-15)24-20(28)14-27-12-6-9-18(23(27)29)22-25-21(26-30-22)17-7-4-3-5-8-17/h3-13H,14H2,1-2H3,(H,24,28). The average Bonchev–Trinajstić information content (AvgIpc) is 3.22. The molecule has 0 aliphatic carbocycles. The van der Waals surface area contributed by atoms with Gasteiger partial charge in [0.15, 0.2) is 0 Å². The van der Waals surface area contributed by atoms with Crippen LogP contribution < -0.4 is 10.9 Å². The maximum atomic E-state index is 12.9. The van der Waals surface area contributed by atoms with Crippen LogP contribution in [0.5, 0.6) is 0 Å². The van der Waals surface area contributed by atoms with Gasteiger partial charge >= 0.3 is 0 Å². The zero-order valence-corrected chi connectivity index (χ0v) is 16.6. The predicted octanol–water partition coefficient (Wildman–Crippen LogP) is 3.82. The van der Waals surface area contributed by atoms with Gasteiger partial charge in [0.2, 0.25) is 11.7 Å². The first-order valence-corrected chi connectivity index (χ1v) is 9.47. The monoisotopic (exact) mass is 400 g/mol. The first-order valence-electron chi connectivity index (χ1n) is 9.47. The number of benzene rings is 2. The highest BCUT2D eigenvalue weighted by Crippen LogP contribution is 2.20. The zero-order valence-electron chi connectivity index (χ0n) is 16.6. The molecule has 1 amide bonds. The number of anilines is 1. The number of aryl methyl sites for hydroxylation is 2. The number of carbonyl (C=O) groups is 1. The Morgan fingerprint density at radius 2 is 1.87 bits per heavy atom. The maximum absolute atomic E-state index is 12.9. The molecule has 0 radical (unpaired) electrons. The molecule has 0 saturated carbocycles. The average molecular weight is 400 g/mol. The van der Waals surface area contributed by atoms with E-state index < -0.39 is 0 Å². The van der Waals surface area contributed by atoms with Gasteiger partial charge < -0.3 is 14.4 Å². The van der Waals surface area contributed by atoms with E-state index >= 15 is 0 Å². The predicted molar refractivity (Wildman–Crippen MR) is 114 cm³/mol. The molecule has 7 heteroatoms. The van der Waals surface area contributed by atoms with Gasteiger partial charge in [-0.3, -0.25) is 9.59 Å². The van der Waals surface area contributed by atoms with Gasteiger partial charge in [0.25, 0.3) is 11.4 Å². The van der Waals surface area contributed by atoms with Crippen molar-refractivity contribution >= 4 is 11.6 Å². The normalized spacial score (nSPS) is 10.7. The summed E-state index contributed by atoms with van der Waals surface area (Å²) in [5, 5.41) is 6.80. The fraction of sp³-hybridized carbons (Fsp3) is 0.130. The van der Waals surface area contributed by atoms with Crippen LogP contribution in [0.2, 0.25) is 0 Å². The highest BCUT2D eigenvalue weighted by molar-refractivity contribution is 5.91. The molecule has 7 nitrogen and oxygen atoms in total. The Labute approximate surface area is 173 Å². The topological polar surface area (TPSA) is 90.0 Å². The molecule has 0 spiro atoms. The number of nitrogens with zero attached hydrogens (tertiary/aromatic N) is 3. The van der Waals surface area contributed by atoms with E-state index in [4.69, 9.17) is 4.52 Å². The highest BCUT2D eigenvalue weighted by Gasteiger charge is 2.16. The van der Waals surface area contributed by atoms with Crippen molar-refractivity contribution in [2.24, 2.45) is 0 Å². The minimum atomic E-state index is -0.378. The molecular formula is C23H20N4O3. The molecule has 0 fully saturated rings. The minimum absolute atomic E-state index is 0.114. The first-order chi connectivity index (χ1) is 14.5. The Kier molecular flexibility index (Phi) is 5.26. The summed E-state index contributed by atoms with van der Waals surface area (Å²) in [7, 11) is 0. The molecule has 150 valence electrons. The molecule has 30 heavy (non-hydrogen) atoms. The van der Waals surface area contributed by atoms with Gasteiger partial charge in [0.1, 0.15) is 12.1 Å². The van der Waals surface area contributed by atoms with Gasteiger partial charge in [-0.15, -0.1) is 0 Å². The number of amides is 1. The molecule has 2 heterocycles. The summed E-state index contributed by atoms with van der Waals surface area (Å²) in [6, 6.07) is 18.4. The summed E-state index contributed by atoms with van der Waals surface area (Å²) >= 11 is 0. The largest absolute Gasteiger partial charge is 0.333 e. The van der Waals surface area contributed by atoms with Crippen LogP contribution >= 0.6 is 0 Å². The van der Waals surface area contributed by atoms with Gasteiger partial charge in [-0.05, 0) is 37.6 Å². The van der Waals surface area contributed by atoms with E-state index in [1.54, 1.807) is 18.3 Å². The van der Waals surface area contributed by atoms with Crippen LogP contribution in [0, 0.1) is 13.8 Å². The quantitative estimate of drug-likeness (QED) is 0.550. The molecular weight excluding hydrogens is 380 g/mol. The van der Waals surface area contributed by atoms with Crippen molar-refractivity contribution in [1.82, 2.24) is 14.7 Å². The van der Waals surface area contributed by atoms with E-state index in [9.17, 15) is 9.59 Å². The van der Waals surface area contributed by atoms with Crippen molar-refractivity contribution in [1.29, 1.82) is 0 Å². The number of nitrogens with one attached hydrogen (secondary N) is 1. The highest BCUT2D eigenvalue weighted by atomic mass is 16.5. The lowest BCUT2D eigenvalue weighted by Crippen LogP contribution is -2.28. The molecule has 0 saturated heterocycles. The molecule has 0 unspecified atom stereocenters. The van der Waals surface area contributed by atoms with Crippen LogP contribution in [0.1, 0.15) is 11.1 Å². The third-order valence-electron chi connectivity index (χ3n) is 4.68. The van der Waals surface area contributed by atoms with Crippen molar-refractivity contribution in [3.63, 3.8) is 0 Å². The third-order valence-corrected chi connectivity index (χ3v) is 4.68. The van der Waals surface area contributed by atoms with E-state index in [-0.39, 0.29) is 29.5 Å². The van der Waals surface area contributed by atoms with E-state index in [1.807, 2.05) is 62.4 Å². The SMILES string of the molecule is Cc1ccc(NC(=O)Cn2cccc(-c3nc(-c4ccccc4)no3)c2=O)c(C)c1. The summed E-state index contributed by atoms with van der Waals surface area (Å²) < 4.78 is 6.61. The van der Waals surface area contributed by atoms with Crippen LogP contribution in [0.15, 0.2) is 76.2 Å². The molecule has 0 bridgehead atoms. The molecule has 0 aliphatic heterocycles. The molecule has 4 aromatic rings.